The van der Waals surface area contributed by atoms with E-state index in [0.29, 0.717) is 11.4 Å². The molecular weight excluding hydrogens is 334 g/mol. The molecule has 0 radical (unpaired) electrons. The summed E-state index contributed by atoms with van der Waals surface area (Å²) >= 11 is 1.72. The number of carbonyl (C=O) groups excluding carboxylic acids is 1. The van der Waals surface area contributed by atoms with Crippen LogP contribution in [0.5, 0.6) is 0 Å². The van der Waals surface area contributed by atoms with Crippen LogP contribution in [0.4, 0.5) is 21.9 Å². The Hall–Kier alpha value is -2.21. The zero-order valence-corrected chi connectivity index (χ0v) is 16.3. The number of benzene rings is 1. The average molecular weight is 362 g/mol. The molecule has 0 aliphatic heterocycles. The number of carbonyl (C=O) groups is 1. The number of amides is 1. The Kier molecular flexibility index (Phi) is 5.95. The highest BCUT2D eigenvalue weighted by Crippen LogP contribution is 2.31. The molecular formula is C19H27N3O2S. The molecule has 0 aliphatic rings. The second-order valence-electron chi connectivity index (χ2n) is 7.20. The number of nitrogens with zero attached hydrogens (tertiary/aromatic N) is 1. The molecule has 136 valence electrons. The maximum Gasteiger partial charge on any atom is 0.412 e. The van der Waals surface area contributed by atoms with Crippen molar-refractivity contribution in [3.8, 4) is 0 Å². The summed E-state index contributed by atoms with van der Waals surface area (Å²) in [7, 11) is 0. The monoisotopic (exact) mass is 361 g/mol. The second kappa shape index (κ2) is 7.78. The molecule has 3 N–H and O–H groups in total. The standard InChI is InChI=1S/C19H27N3O2S/c1-13(2)22(12-15-7-6-10-25-15)17-11-14(8-9-16(17)20)21-18(23)24-19(3,4)5/h6-11,13H,12,20H2,1-5H3,(H,21,23). The molecule has 0 saturated carbocycles. The van der Waals surface area contributed by atoms with Crippen molar-refractivity contribution in [2.24, 2.45) is 0 Å². The summed E-state index contributed by atoms with van der Waals surface area (Å²) in [5, 5.41) is 4.85. The SMILES string of the molecule is CC(C)N(Cc1cccs1)c1cc(NC(=O)OC(C)(C)C)ccc1N. The third-order valence-corrected chi connectivity index (χ3v) is 4.38. The van der Waals surface area contributed by atoms with Crippen molar-refractivity contribution in [3.05, 3.63) is 40.6 Å². The van der Waals surface area contributed by atoms with Crippen LogP contribution in [0, 0.1) is 0 Å². The van der Waals surface area contributed by atoms with Gasteiger partial charge in [0.15, 0.2) is 0 Å². The normalized spacial score (nSPS) is 11.4. The molecule has 1 heterocycles. The first-order valence-corrected chi connectivity index (χ1v) is 9.22. The van der Waals surface area contributed by atoms with Crippen molar-refractivity contribution in [1.82, 2.24) is 0 Å². The maximum absolute atomic E-state index is 12.0. The zero-order valence-electron chi connectivity index (χ0n) is 15.5. The van der Waals surface area contributed by atoms with Gasteiger partial charge in [-0.1, -0.05) is 6.07 Å². The van der Waals surface area contributed by atoms with Gasteiger partial charge < -0.3 is 15.4 Å². The highest BCUT2D eigenvalue weighted by Gasteiger charge is 2.18. The lowest BCUT2D eigenvalue weighted by atomic mass is 10.1. The Morgan fingerprint density at radius 2 is 2.04 bits per heavy atom. The molecule has 2 aromatic rings. The van der Waals surface area contributed by atoms with Gasteiger partial charge in [0.25, 0.3) is 0 Å². The fourth-order valence-electron chi connectivity index (χ4n) is 2.41. The summed E-state index contributed by atoms with van der Waals surface area (Å²) in [6.45, 7) is 10.5. The van der Waals surface area contributed by atoms with Crippen LogP contribution < -0.4 is 16.0 Å². The molecule has 6 heteroatoms. The number of nitrogens with one attached hydrogen (secondary N) is 1. The van der Waals surface area contributed by atoms with E-state index >= 15 is 0 Å². The molecule has 0 bridgehead atoms. The Balaban J connectivity index is 2.22. The van der Waals surface area contributed by atoms with Crippen LogP contribution in [-0.2, 0) is 11.3 Å². The lowest BCUT2D eigenvalue weighted by Crippen LogP contribution is -2.31. The summed E-state index contributed by atoms with van der Waals surface area (Å²) in [5.74, 6) is 0. The quantitative estimate of drug-likeness (QED) is 0.728. The molecule has 0 aliphatic carbocycles. The summed E-state index contributed by atoms with van der Waals surface area (Å²) in [4.78, 5) is 15.5. The number of rotatable bonds is 5. The van der Waals surface area contributed by atoms with E-state index in [9.17, 15) is 4.79 Å². The largest absolute Gasteiger partial charge is 0.444 e. The molecule has 0 atom stereocenters. The van der Waals surface area contributed by atoms with Crippen LogP contribution in [0.1, 0.15) is 39.5 Å². The lowest BCUT2D eigenvalue weighted by molar-refractivity contribution is 0.0636. The molecule has 25 heavy (non-hydrogen) atoms. The van der Waals surface area contributed by atoms with Crippen molar-refractivity contribution >= 4 is 34.5 Å². The van der Waals surface area contributed by atoms with E-state index in [2.05, 4.69) is 35.5 Å². The average Bonchev–Trinajstić information content (AvgIpc) is 2.98. The fourth-order valence-corrected chi connectivity index (χ4v) is 3.11. The molecule has 0 spiro atoms. The van der Waals surface area contributed by atoms with Crippen LogP contribution >= 0.6 is 11.3 Å². The first-order valence-electron chi connectivity index (χ1n) is 8.34. The summed E-state index contributed by atoms with van der Waals surface area (Å²) in [6.07, 6.45) is -0.474. The Morgan fingerprint density at radius 1 is 1.32 bits per heavy atom. The van der Waals surface area contributed by atoms with E-state index in [-0.39, 0.29) is 6.04 Å². The van der Waals surface area contributed by atoms with Crippen molar-refractivity contribution in [1.29, 1.82) is 0 Å². The van der Waals surface area contributed by atoms with E-state index in [4.69, 9.17) is 10.5 Å². The first-order chi connectivity index (χ1) is 11.7. The molecule has 5 nitrogen and oxygen atoms in total. The van der Waals surface area contributed by atoms with Crippen LogP contribution in [0.25, 0.3) is 0 Å². The van der Waals surface area contributed by atoms with Gasteiger partial charge in [-0.15, -0.1) is 11.3 Å². The minimum Gasteiger partial charge on any atom is -0.444 e. The number of nitrogens with two attached hydrogens (primary N) is 1. The minimum atomic E-state index is -0.538. The van der Waals surface area contributed by atoms with Gasteiger partial charge in [0, 0.05) is 16.6 Å². The highest BCUT2D eigenvalue weighted by molar-refractivity contribution is 7.09. The predicted molar refractivity (Wildman–Crippen MR) is 106 cm³/mol. The lowest BCUT2D eigenvalue weighted by Gasteiger charge is -2.30. The Morgan fingerprint density at radius 3 is 2.60 bits per heavy atom. The summed E-state index contributed by atoms with van der Waals surface area (Å²) in [5.41, 5.74) is 7.91. The van der Waals surface area contributed by atoms with Gasteiger partial charge in [-0.25, -0.2) is 4.79 Å². The van der Waals surface area contributed by atoms with Gasteiger partial charge in [-0.3, -0.25) is 5.32 Å². The highest BCUT2D eigenvalue weighted by atomic mass is 32.1. The topological polar surface area (TPSA) is 67.6 Å². The molecule has 0 saturated heterocycles. The van der Waals surface area contributed by atoms with Crippen molar-refractivity contribution in [3.63, 3.8) is 0 Å². The van der Waals surface area contributed by atoms with E-state index in [1.165, 1.54) is 4.88 Å². The number of ether oxygens (including phenoxy) is 1. The van der Waals surface area contributed by atoms with Crippen LogP contribution in [0.15, 0.2) is 35.7 Å². The second-order valence-corrected chi connectivity index (χ2v) is 8.23. The van der Waals surface area contributed by atoms with Crippen molar-refractivity contribution < 1.29 is 9.53 Å². The third kappa shape index (κ3) is 5.67. The van der Waals surface area contributed by atoms with E-state index in [0.717, 1.165) is 12.2 Å². The number of anilines is 3. The van der Waals surface area contributed by atoms with Gasteiger partial charge in [0.2, 0.25) is 0 Å². The third-order valence-electron chi connectivity index (χ3n) is 3.51. The van der Waals surface area contributed by atoms with E-state index in [1.807, 2.05) is 39.0 Å². The Bertz CT molecular complexity index is 706. The number of hydrogen-bond donors (Lipinski definition) is 2. The molecule has 1 amide bonds. The fraction of sp³-hybridized carbons (Fsp3) is 0.421. The Labute approximate surface area is 153 Å². The molecule has 1 aromatic carbocycles. The smallest absolute Gasteiger partial charge is 0.412 e. The number of hydrogen-bond acceptors (Lipinski definition) is 5. The number of thiophene rings is 1. The molecule has 2 rings (SSSR count). The maximum atomic E-state index is 12.0. The van der Waals surface area contributed by atoms with Crippen LogP contribution in [-0.4, -0.2) is 17.7 Å². The van der Waals surface area contributed by atoms with Crippen LogP contribution in [0.2, 0.25) is 0 Å². The molecule has 0 fully saturated rings. The summed E-state index contributed by atoms with van der Waals surface area (Å²) < 4.78 is 5.31. The molecule has 1 aromatic heterocycles. The van der Waals surface area contributed by atoms with Gasteiger partial charge in [0.1, 0.15) is 5.60 Å². The van der Waals surface area contributed by atoms with Gasteiger partial charge in [0.05, 0.1) is 17.9 Å². The van der Waals surface area contributed by atoms with Gasteiger partial charge in [-0.2, -0.15) is 0 Å². The van der Waals surface area contributed by atoms with E-state index in [1.54, 1.807) is 17.4 Å². The van der Waals surface area contributed by atoms with Crippen LogP contribution in [0.3, 0.4) is 0 Å². The van der Waals surface area contributed by atoms with Gasteiger partial charge >= 0.3 is 6.09 Å². The molecule has 0 unspecified atom stereocenters. The minimum absolute atomic E-state index is 0.265. The predicted octanol–water partition coefficient (Wildman–Crippen LogP) is 5.09. The first kappa shape index (κ1) is 19.1. The van der Waals surface area contributed by atoms with Gasteiger partial charge in [-0.05, 0) is 64.3 Å². The number of nitrogen functional groups attached to an aromatic ring is 1. The zero-order chi connectivity index (χ0) is 18.6. The summed E-state index contributed by atoms with van der Waals surface area (Å²) in [6, 6.07) is 9.91. The van der Waals surface area contributed by atoms with Crippen molar-refractivity contribution in [2.45, 2.75) is 52.8 Å². The van der Waals surface area contributed by atoms with Crippen molar-refractivity contribution in [2.75, 3.05) is 16.0 Å². The van der Waals surface area contributed by atoms with E-state index < -0.39 is 11.7 Å².